The van der Waals surface area contributed by atoms with E-state index in [4.69, 9.17) is 9.47 Å². The molecule has 5 nitrogen and oxygen atoms in total. The zero-order chi connectivity index (χ0) is 16.2. The molecule has 118 valence electrons. The maximum atomic E-state index is 12.4. The van der Waals surface area contributed by atoms with Crippen molar-refractivity contribution in [1.29, 1.82) is 0 Å². The Morgan fingerprint density at radius 3 is 2.83 bits per heavy atom. The maximum Gasteiger partial charge on any atom is 0.408 e. The summed E-state index contributed by atoms with van der Waals surface area (Å²) >= 11 is 3.32. The van der Waals surface area contributed by atoms with E-state index in [-0.39, 0.29) is 19.0 Å². The highest BCUT2D eigenvalue weighted by Crippen LogP contribution is 2.27. The highest BCUT2D eigenvalue weighted by atomic mass is 79.9. The van der Waals surface area contributed by atoms with E-state index in [2.05, 4.69) is 21.2 Å². The monoisotopic (exact) mass is 375 g/mol. The first kappa shape index (κ1) is 15.6. The number of benzene rings is 2. The van der Waals surface area contributed by atoms with Gasteiger partial charge in [0.25, 0.3) is 0 Å². The Morgan fingerprint density at radius 2 is 2.04 bits per heavy atom. The summed E-state index contributed by atoms with van der Waals surface area (Å²) in [5.74, 6) is 0.332. The summed E-state index contributed by atoms with van der Waals surface area (Å²) in [7, 11) is 0. The molecular weight excluding hydrogens is 362 g/mol. The zero-order valence-corrected chi connectivity index (χ0v) is 13.7. The van der Waals surface area contributed by atoms with E-state index in [0.717, 1.165) is 10.0 Å². The van der Waals surface area contributed by atoms with Gasteiger partial charge in [0.1, 0.15) is 25.0 Å². The fraction of sp³-hybridized carbons (Fsp3) is 0.176. The van der Waals surface area contributed by atoms with Gasteiger partial charge >= 0.3 is 6.09 Å². The molecule has 0 fully saturated rings. The molecule has 1 aliphatic rings. The minimum atomic E-state index is -0.750. The van der Waals surface area contributed by atoms with Crippen LogP contribution in [0.3, 0.4) is 0 Å². The van der Waals surface area contributed by atoms with Gasteiger partial charge in [-0.1, -0.05) is 46.3 Å². The van der Waals surface area contributed by atoms with E-state index in [1.165, 1.54) is 0 Å². The van der Waals surface area contributed by atoms with E-state index in [0.29, 0.717) is 11.3 Å². The van der Waals surface area contributed by atoms with Gasteiger partial charge in [-0.25, -0.2) is 4.79 Å². The molecule has 1 unspecified atom stereocenters. The van der Waals surface area contributed by atoms with Crippen LogP contribution in [0.5, 0.6) is 5.75 Å². The van der Waals surface area contributed by atoms with Crippen molar-refractivity contribution in [3.63, 3.8) is 0 Å². The number of rotatable bonds is 3. The second-order valence-corrected chi connectivity index (χ2v) is 5.99. The van der Waals surface area contributed by atoms with Crippen LogP contribution in [0, 0.1) is 0 Å². The molecule has 1 heterocycles. The highest BCUT2D eigenvalue weighted by molar-refractivity contribution is 9.10. The summed E-state index contributed by atoms with van der Waals surface area (Å²) in [4.78, 5) is 24.3. The molecule has 3 rings (SSSR count). The molecule has 23 heavy (non-hydrogen) atoms. The minimum Gasteiger partial charge on any atom is -0.490 e. The Kier molecular flexibility index (Phi) is 4.62. The maximum absolute atomic E-state index is 12.4. The summed E-state index contributed by atoms with van der Waals surface area (Å²) < 4.78 is 11.4. The molecule has 0 bridgehead atoms. The quantitative estimate of drug-likeness (QED) is 0.893. The number of hydrogen-bond acceptors (Lipinski definition) is 4. The van der Waals surface area contributed by atoms with Crippen molar-refractivity contribution < 1.29 is 19.1 Å². The number of nitrogens with one attached hydrogen (secondary N) is 1. The first-order valence-corrected chi connectivity index (χ1v) is 7.86. The molecule has 0 aliphatic carbocycles. The third-order valence-corrected chi connectivity index (χ3v) is 3.93. The number of Topliss-reactive ketones (excluding diaryl/α,β-unsaturated/α-hetero) is 1. The predicted octanol–water partition coefficient (Wildman–Crippen LogP) is 3.32. The Hall–Kier alpha value is -2.34. The average Bonchev–Trinajstić information content (AvgIpc) is 2.57. The summed E-state index contributed by atoms with van der Waals surface area (Å²) in [6.45, 7) is 0.241. The van der Waals surface area contributed by atoms with Crippen LogP contribution in [0.15, 0.2) is 53.0 Å². The van der Waals surface area contributed by atoms with E-state index in [1.54, 1.807) is 18.2 Å². The molecule has 1 N–H and O–H groups in total. The van der Waals surface area contributed by atoms with Crippen LogP contribution in [-0.4, -0.2) is 24.5 Å². The van der Waals surface area contributed by atoms with Gasteiger partial charge in [0.15, 0.2) is 5.78 Å². The minimum absolute atomic E-state index is 0.0912. The molecule has 0 radical (unpaired) electrons. The third kappa shape index (κ3) is 3.71. The fourth-order valence-corrected chi connectivity index (χ4v) is 2.63. The normalized spacial score (nSPS) is 16.2. The van der Waals surface area contributed by atoms with Gasteiger partial charge in [0.2, 0.25) is 0 Å². The number of carbonyl (C=O) groups is 2. The predicted molar refractivity (Wildman–Crippen MR) is 87.5 cm³/mol. The van der Waals surface area contributed by atoms with Gasteiger partial charge in [0, 0.05) is 4.47 Å². The summed E-state index contributed by atoms with van der Waals surface area (Å²) in [5.41, 5.74) is 1.32. The average molecular weight is 376 g/mol. The van der Waals surface area contributed by atoms with Crippen molar-refractivity contribution in [2.24, 2.45) is 0 Å². The van der Waals surface area contributed by atoms with Crippen molar-refractivity contribution in [2.45, 2.75) is 12.6 Å². The molecule has 1 atom stereocenters. The van der Waals surface area contributed by atoms with Crippen LogP contribution < -0.4 is 10.1 Å². The number of ether oxygens (including phenoxy) is 2. The van der Waals surface area contributed by atoms with Gasteiger partial charge in [-0.05, 0) is 23.8 Å². The molecular formula is C17H14BrNO4. The smallest absolute Gasteiger partial charge is 0.408 e. The van der Waals surface area contributed by atoms with Gasteiger partial charge in [-0.15, -0.1) is 0 Å². The standard InChI is InChI=1S/C17H14BrNO4/c18-12-6-7-15-13(8-12)16(20)14(10-22-15)19-17(21)23-9-11-4-2-1-3-5-11/h1-8,14H,9-10H2,(H,19,21). The van der Waals surface area contributed by atoms with Crippen LogP contribution in [0.2, 0.25) is 0 Å². The largest absolute Gasteiger partial charge is 0.490 e. The van der Waals surface area contributed by atoms with E-state index < -0.39 is 12.1 Å². The molecule has 0 saturated heterocycles. The lowest BCUT2D eigenvalue weighted by Gasteiger charge is -2.24. The third-order valence-electron chi connectivity index (χ3n) is 3.43. The van der Waals surface area contributed by atoms with Gasteiger partial charge < -0.3 is 14.8 Å². The van der Waals surface area contributed by atoms with Crippen molar-refractivity contribution in [3.8, 4) is 5.75 Å². The molecule has 0 aromatic heterocycles. The van der Waals surface area contributed by atoms with E-state index in [9.17, 15) is 9.59 Å². The lowest BCUT2D eigenvalue weighted by Crippen LogP contribution is -2.47. The number of hydrogen-bond donors (Lipinski definition) is 1. The number of ketones is 1. The van der Waals surface area contributed by atoms with Crippen LogP contribution in [0.25, 0.3) is 0 Å². The Morgan fingerprint density at radius 1 is 1.26 bits per heavy atom. The number of halogens is 1. The number of amides is 1. The molecule has 0 saturated carbocycles. The van der Waals surface area contributed by atoms with Gasteiger partial charge in [-0.3, -0.25) is 4.79 Å². The first-order valence-electron chi connectivity index (χ1n) is 7.07. The molecule has 0 spiro atoms. The van der Waals surface area contributed by atoms with Gasteiger partial charge in [0.05, 0.1) is 5.56 Å². The summed E-state index contributed by atoms with van der Waals surface area (Å²) in [6.07, 6.45) is -0.644. The second-order valence-electron chi connectivity index (χ2n) is 5.07. The van der Waals surface area contributed by atoms with Gasteiger partial charge in [-0.2, -0.15) is 0 Å². The molecule has 1 aliphatic heterocycles. The second kappa shape index (κ2) is 6.83. The van der Waals surface area contributed by atoms with Crippen molar-refractivity contribution in [3.05, 3.63) is 64.1 Å². The molecule has 2 aromatic rings. The first-order chi connectivity index (χ1) is 11.1. The van der Waals surface area contributed by atoms with E-state index >= 15 is 0 Å². The lowest BCUT2D eigenvalue weighted by atomic mass is 10.0. The SMILES string of the molecule is O=C(NC1COc2ccc(Br)cc2C1=O)OCc1ccccc1. The number of carbonyl (C=O) groups excluding carboxylic acids is 2. The van der Waals surface area contributed by atoms with Crippen LogP contribution >= 0.6 is 15.9 Å². The Labute approximate surface area is 141 Å². The van der Waals surface area contributed by atoms with Crippen molar-refractivity contribution in [1.82, 2.24) is 5.32 Å². The van der Waals surface area contributed by atoms with Crippen LogP contribution in [-0.2, 0) is 11.3 Å². The Bertz CT molecular complexity index is 733. The number of fused-ring (bicyclic) bond motifs is 1. The fourth-order valence-electron chi connectivity index (χ4n) is 2.27. The van der Waals surface area contributed by atoms with Crippen molar-refractivity contribution in [2.75, 3.05) is 6.61 Å². The molecule has 2 aromatic carbocycles. The topological polar surface area (TPSA) is 64.6 Å². The van der Waals surface area contributed by atoms with E-state index in [1.807, 2.05) is 30.3 Å². The van der Waals surface area contributed by atoms with Crippen LogP contribution in [0.1, 0.15) is 15.9 Å². The van der Waals surface area contributed by atoms with Crippen LogP contribution in [0.4, 0.5) is 4.79 Å². The molecule has 1 amide bonds. The number of alkyl carbamates (subject to hydrolysis) is 1. The summed E-state index contributed by atoms with van der Waals surface area (Å²) in [5, 5.41) is 2.55. The van der Waals surface area contributed by atoms with Crippen molar-refractivity contribution >= 4 is 27.8 Å². The lowest BCUT2D eigenvalue weighted by molar-refractivity contribution is 0.0837. The highest BCUT2D eigenvalue weighted by Gasteiger charge is 2.30. The Balaban J connectivity index is 1.60. The molecule has 6 heteroatoms. The zero-order valence-electron chi connectivity index (χ0n) is 12.1. The summed E-state index contributed by atoms with van der Waals surface area (Å²) in [6, 6.07) is 13.8.